The fourth-order valence-corrected chi connectivity index (χ4v) is 3.08. The maximum absolute atomic E-state index is 5.66. The van der Waals surface area contributed by atoms with Gasteiger partial charge in [0.25, 0.3) is 0 Å². The van der Waals surface area contributed by atoms with Crippen LogP contribution >= 0.6 is 0 Å². The summed E-state index contributed by atoms with van der Waals surface area (Å²) < 4.78 is 16.7. The van der Waals surface area contributed by atoms with E-state index in [1.54, 1.807) is 7.11 Å². The Morgan fingerprint density at radius 3 is 2.85 bits per heavy atom. The van der Waals surface area contributed by atoms with E-state index in [9.17, 15) is 0 Å². The predicted octanol–water partition coefficient (Wildman–Crippen LogP) is 2.74. The number of ether oxygens (including phenoxy) is 3. The minimum atomic E-state index is 0.584. The lowest BCUT2D eigenvalue weighted by Crippen LogP contribution is -2.26. The number of hydrogen-bond acceptors (Lipinski definition) is 4. The second kappa shape index (κ2) is 5.92. The van der Waals surface area contributed by atoms with Crippen molar-refractivity contribution in [1.82, 2.24) is 5.32 Å². The normalized spacial score (nSPS) is 24.7. The van der Waals surface area contributed by atoms with Gasteiger partial charge >= 0.3 is 0 Å². The third kappa shape index (κ3) is 2.85. The van der Waals surface area contributed by atoms with Gasteiger partial charge in [0.2, 0.25) is 5.75 Å². The zero-order valence-electron chi connectivity index (χ0n) is 12.3. The zero-order chi connectivity index (χ0) is 13.9. The average molecular weight is 277 g/mol. The van der Waals surface area contributed by atoms with Gasteiger partial charge in [0, 0.05) is 12.6 Å². The van der Waals surface area contributed by atoms with E-state index >= 15 is 0 Å². The quantitative estimate of drug-likeness (QED) is 0.918. The third-order valence-electron chi connectivity index (χ3n) is 4.18. The molecule has 0 saturated heterocycles. The summed E-state index contributed by atoms with van der Waals surface area (Å²) in [7, 11) is 1.67. The van der Waals surface area contributed by atoms with Crippen LogP contribution in [0, 0.1) is 5.92 Å². The molecule has 20 heavy (non-hydrogen) atoms. The van der Waals surface area contributed by atoms with Gasteiger partial charge in [-0.25, -0.2) is 0 Å². The molecule has 4 nitrogen and oxygen atoms in total. The molecule has 1 aromatic rings. The summed E-state index contributed by atoms with van der Waals surface area (Å²) in [6.07, 6.45) is 3.90. The van der Waals surface area contributed by atoms with Gasteiger partial charge in [0.1, 0.15) is 13.2 Å². The molecule has 0 amide bonds. The molecule has 1 saturated carbocycles. The predicted molar refractivity (Wildman–Crippen MR) is 77.6 cm³/mol. The molecule has 110 valence electrons. The van der Waals surface area contributed by atoms with Gasteiger partial charge in [-0.05, 0) is 42.9 Å². The molecule has 1 aliphatic carbocycles. The lowest BCUT2D eigenvalue weighted by molar-refractivity contribution is 0.165. The molecular formula is C16H23NO3. The summed E-state index contributed by atoms with van der Waals surface area (Å²) in [6.45, 7) is 4.37. The molecular weight excluding hydrogens is 254 g/mol. The van der Waals surface area contributed by atoms with Crippen molar-refractivity contribution in [3.8, 4) is 17.2 Å². The van der Waals surface area contributed by atoms with Crippen molar-refractivity contribution in [3.63, 3.8) is 0 Å². The monoisotopic (exact) mass is 277 g/mol. The summed E-state index contributed by atoms with van der Waals surface area (Å²) in [5.74, 6) is 3.14. The Balaban J connectivity index is 1.70. The highest BCUT2D eigenvalue weighted by Crippen LogP contribution is 2.40. The molecule has 1 heterocycles. The van der Waals surface area contributed by atoms with Crippen LogP contribution in [0.15, 0.2) is 12.1 Å². The number of methoxy groups -OCH3 is 1. The third-order valence-corrected chi connectivity index (χ3v) is 4.18. The maximum atomic E-state index is 5.66. The van der Waals surface area contributed by atoms with E-state index in [0.29, 0.717) is 19.3 Å². The Morgan fingerprint density at radius 1 is 1.25 bits per heavy atom. The summed E-state index contributed by atoms with van der Waals surface area (Å²) >= 11 is 0. The second-order valence-corrected chi connectivity index (χ2v) is 5.82. The Hall–Kier alpha value is -1.42. The largest absolute Gasteiger partial charge is 0.493 e. The van der Waals surface area contributed by atoms with Crippen LogP contribution in [-0.2, 0) is 6.54 Å². The van der Waals surface area contributed by atoms with Crippen LogP contribution in [0.3, 0.4) is 0 Å². The average Bonchev–Trinajstić information content (AvgIpc) is 2.90. The molecule has 1 fully saturated rings. The molecule has 0 bridgehead atoms. The maximum Gasteiger partial charge on any atom is 0.203 e. The first kappa shape index (κ1) is 13.6. The molecule has 1 aliphatic heterocycles. The summed E-state index contributed by atoms with van der Waals surface area (Å²) in [6, 6.07) is 4.74. The van der Waals surface area contributed by atoms with Crippen molar-refractivity contribution >= 4 is 0 Å². The standard InChI is InChI=1S/C16H23NO3/c1-11-3-4-13(7-11)17-10-12-8-14(18-2)16-15(9-12)19-5-6-20-16/h8-9,11,13,17H,3-7,10H2,1-2H3. The van der Waals surface area contributed by atoms with Crippen molar-refractivity contribution in [2.24, 2.45) is 5.92 Å². The molecule has 3 rings (SSSR count). The lowest BCUT2D eigenvalue weighted by Gasteiger charge is -2.22. The molecule has 2 aliphatic rings. The van der Waals surface area contributed by atoms with Gasteiger partial charge in [0.05, 0.1) is 7.11 Å². The molecule has 0 aromatic heterocycles. The summed E-state index contributed by atoms with van der Waals surface area (Å²) in [5, 5.41) is 3.63. The van der Waals surface area contributed by atoms with E-state index in [2.05, 4.69) is 18.3 Å². The van der Waals surface area contributed by atoms with Crippen LogP contribution in [0.5, 0.6) is 17.2 Å². The van der Waals surface area contributed by atoms with E-state index < -0.39 is 0 Å². The minimum Gasteiger partial charge on any atom is -0.493 e. The fourth-order valence-electron chi connectivity index (χ4n) is 3.08. The SMILES string of the molecule is COc1cc(CNC2CCC(C)C2)cc2c1OCCO2. The summed E-state index contributed by atoms with van der Waals surface area (Å²) in [4.78, 5) is 0. The van der Waals surface area contributed by atoms with Gasteiger partial charge < -0.3 is 19.5 Å². The zero-order valence-corrected chi connectivity index (χ0v) is 12.3. The fraction of sp³-hybridized carbons (Fsp3) is 0.625. The van der Waals surface area contributed by atoms with Gasteiger partial charge in [-0.3, -0.25) is 0 Å². The topological polar surface area (TPSA) is 39.7 Å². The molecule has 1 N–H and O–H groups in total. The van der Waals surface area contributed by atoms with E-state index in [-0.39, 0.29) is 0 Å². The lowest BCUT2D eigenvalue weighted by atomic mass is 10.1. The number of rotatable bonds is 4. The first-order valence-electron chi connectivity index (χ1n) is 7.46. The summed E-state index contributed by atoms with van der Waals surface area (Å²) in [5.41, 5.74) is 1.19. The van der Waals surface area contributed by atoms with Crippen LogP contribution in [0.25, 0.3) is 0 Å². The second-order valence-electron chi connectivity index (χ2n) is 5.82. The molecule has 4 heteroatoms. The van der Waals surface area contributed by atoms with Crippen LogP contribution in [0.4, 0.5) is 0 Å². The number of fused-ring (bicyclic) bond motifs is 1. The van der Waals surface area contributed by atoms with Crippen LogP contribution in [-0.4, -0.2) is 26.4 Å². The highest BCUT2D eigenvalue weighted by molar-refractivity contribution is 5.54. The van der Waals surface area contributed by atoms with Crippen molar-refractivity contribution in [2.75, 3.05) is 20.3 Å². The van der Waals surface area contributed by atoms with Crippen molar-refractivity contribution in [3.05, 3.63) is 17.7 Å². The Bertz CT molecular complexity index is 458. The van der Waals surface area contributed by atoms with Gasteiger partial charge in [0.15, 0.2) is 11.5 Å². The Labute approximate surface area is 120 Å². The molecule has 0 spiro atoms. The molecule has 2 unspecified atom stereocenters. The van der Waals surface area contributed by atoms with E-state index in [1.807, 2.05) is 6.07 Å². The van der Waals surface area contributed by atoms with Crippen LogP contribution in [0.2, 0.25) is 0 Å². The van der Waals surface area contributed by atoms with Gasteiger partial charge in [-0.2, -0.15) is 0 Å². The smallest absolute Gasteiger partial charge is 0.203 e. The molecule has 0 radical (unpaired) electrons. The van der Waals surface area contributed by atoms with Gasteiger partial charge in [-0.15, -0.1) is 0 Å². The van der Waals surface area contributed by atoms with Crippen molar-refractivity contribution in [1.29, 1.82) is 0 Å². The number of hydrogen-bond donors (Lipinski definition) is 1. The first-order chi connectivity index (χ1) is 9.76. The van der Waals surface area contributed by atoms with Crippen LogP contribution < -0.4 is 19.5 Å². The minimum absolute atomic E-state index is 0.584. The van der Waals surface area contributed by atoms with E-state index in [4.69, 9.17) is 14.2 Å². The van der Waals surface area contributed by atoms with Crippen molar-refractivity contribution in [2.45, 2.75) is 38.8 Å². The van der Waals surface area contributed by atoms with Crippen molar-refractivity contribution < 1.29 is 14.2 Å². The molecule has 1 aromatic carbocycles. The first-order valence-corrected chi connectivity index (χ1v) is 7.46. The van der Waals surface area contributed by atoms with E-state index in [1.165, 1.54) is 24.8 Å². The van der Waals surface area contributed by atoms with Gasteiger partial charge in [-0.1, -0.05) is 6.92 Å². The number of benzene rings is 1. The number of nitrogens with one attached hydrogen (secondary N) is 1. The highest BCUT2D eigenvalue weighted by atomic mass is 16.6. The van der Waals surface area contributed by atoms with E-state index in [0.717, 1.165) is 29.7 Å². The Kier molecular flexibility index (Phi) is 4.01. The highest BCUT2D eigenvalue weighted by Gasteiger charge is 2.22. The molecule has 2 atom stereocenters. The van der Waals surface area contributed by atoms with Crippen LogP contribution in [0.1, 0.15) is 31.7 Å². The Morgan fingerprint density at radius 2 is 2.10 bits per heavy atom.